The molecule has 0 spiro atoms. The van der Waals surface area contributed by atoms with E-state index in [1.54, 1.807) is 6.20 Å². The number of rotatable bonds is 4. The van der Waals surface area contributed by atoms with Gasteiger partial charge in [0.15, 0.2) is 0 Å². The first-order valence-corrected chi connectivity index (χ1v) is 9.50. The van der Waals surface area contributed by atoms with Gasteiger partial charge < -0.3 is 15.7 Å². The Bertz CT molecular complexity index is 876. The average Bonchev–Trinajstić information content (AvgIpc) is 3.19. The number of nitrogens with zero attached hydrogens (tertiary/aromatic N) is 2. The van der Waals surface area contributed by atoms with Crippen LogP contribution in [0.5, 0.6) is 0 Å². The van der Waals surface area contributed by atoms with Crippen LogP contribution in [0.15, 0.2) is 48.7 Å². The first kappa shape index (κ1) is 24.3. The maximum Gasteiger partial charge on any atom is 0.490 e. The van der Waals surface area contributed by atoms with Crippen molar-refractivity contribution >= 4 is 11.9 Å². The maximum absolute atomic E-state index is 13.3. The van der Waals surface area contributed by atoms with E-state index in [-0.39, 0.29) is 18.4 Å². The van der Waals surface area contributed by atoms with Crippen molar-refractivity contribution in [2.24, 2.45) is 5.73 Å². The first-order valence-electron chi connectivity index (χ1n) is 9.50. The Morgan fingerprint density at radius 2 is 1.81 bits per heavy atom. The Labute approximate surface area is 176 Å². The number of carboxylic acid groups (broad SMARTS) is 1. The second-order valence-corrected chi connectivity index (χ2v) is 7.12. The van der Waals surface area contributed by atoms with Gasteiger partial charge in [-0.15, -0.1) is 0 Å². The molecule has 1 saturated heterocycles. The largest absolute Gasteiger partial charge is 0.490 e. The summed E-state index contributed by atoms with van der Waals surface area (Å²) in [6.45, 7) is 2.55. The topological polar surface area (TPSA) is 96.5 Å². The predicted molar refractivity (Wildman–Crippen MR) is 106 cm³/mol. The molecule has 2 heterocycles. The lowest BCUT2D eigenvalue weighted by Crippen LogP contribution is -2.45. The molecule has 1 amide bonds. The molecule has 1 aliphatic rings. The van der Waals surface area contributed by atoms with Crippen molar-refractivity contribution < 1.29 is 32.3 Å². The standard InChI is InChI=1S/C19H22FN3O.C2HF3O2/c1-13(18(21)19(24)23-11-9-16(20)12-23)14-5-7-15(8-6-14)17-4-2-3-10-22-17;3-2(4,5)1(6)7/h2-8,10,13,16,18H,9,11-12,21H2,1H3;(H,6,7)/t13-,16-,18-;/m0./s1. The zero-order valence-electron chi connectivity index (χ0n) is 16.7. The Morgan fingerprint density at radius 3 is 2.26 bits per heavy atom. The van der Waals surface area contributed by atoms with Crippen LogP contribution in [0.3, 0.4) is 0 Å². The van der Waals surface area contributed by atoms with Crippen LogP contribution < -0.4 is 5.73 Å². The maximum atomic E-state index is 13.3. The van der Waals surface area contributed by atoms with E-state index in [0.29, 0.717) is 13.0 Å². The number of carbonyl (C=O) groups is 2. The van der Waals surface area contributed by atoms with E-state index in [0.717, 1.165) is 16.8 Å². The number of nitrogens with two attached hydrogens (primary N) is 1. The van der Waals surface area contributed by atoms with Gasteiger partial charge in [-0.05, 0) is 24.1 Å². The van der Waals surface area contributed by atoms with Crippen molar-refractivity contribution in [1.29, 1.82) is 0 Å². The molecule has 0 unspecified atom stereocenters. The van der Waals surface area contributed by atoms with Gasteiger partial charge in [0.25, 0.3) is 0 Å². The van der Waals surface area contributed by atoms with Gasteiger partial charge >= 0.3 is 12.1 Å². The monoisotopic (exact) mass is 441 g/mol. The number of aliphatic carboxylic acids is 1. The van der Waals surface area contributed by atoms with E-state index < -0.39 is 24.4 Å². The normalized spacial score (nSPS) is 18.0. The third-order valence-electron chi connectivity index (χ3n) is 4.91. The first-order chi connectivity index (χ1) is 14.5. The SMILES string of the molecule is C[C@@H](c1ccc(-c2ccccn2)cc1)[C@H](N)C(=O)N1CC[C@H](F)C1.O=C(O)C(F)(F)F. The summed E-state index contributed by atoms with van der Waals surface area (Å²) in [5.74, 6) is -3.06. The van der Waals surface area contributed by atoms with Gasteiger partial charge in [0, 0.05) is 24.2 Å². The fraction of sp³-hybridized carbons (Fsp3) is 0.381. The quantitative estimate of drug-likeness (QED) is 0.709. The van der Waals surface area contributed by atoms with Crippen LogP contribution in [0.25, 0.3) is 11.3 Å². The number of hydrogen-bond acceptors (Lipinski definition) is 4. The van der Waals surface area contributed by atoms with E-state index in [1.165, 1.54) is 4.90 Å². The number of benzene rings is 1. The van der Waals surface area contributed by atoms with Gasteiger partial charge in [0.1, 0.15) is 6.17 Å². The summed E-state index contributed by atoms with van der Waals surface area (Å²) in [4.78, 5) is 27.2. The van der Waals surface area contributed by atoms with E-state index in [9.17, 15) is 22.4 Å². The summed E-state index contributed by atoms with van der Waals surface area (Å²) < 4.78 is 45.0. The lowest BCUT2D eigenvalue weighted by Gasteiger charge is -2.25. The highest BCUT2D eigenvalue weighted by atomic mass is 19.4. The van der Waals surface area contributed by atoms with Crippen LogP contribution in [-0.4, -0.2) is 58.3 Å². The number of halogens is 4. The van der Waals surface area contributed by atoms with Gasteiger partial charge in [-0.1, -0.05) is 37.3 Å². The summed E-state index contributed by atoms with van der Waals surface area (Å²) in [6.07, 6.45) is -3.84. The van der Waals surface area contributed by atoms with Crippen LogP contribution >= 0.6 is 0 Å². The average molecular weight is 441 g/mol. The number of carbonyl (C=O) groups excluding carboxylic acids is 1. The molecule has 0 bridgehead atoms. The van der Waals surface area contributed by atoms with Crippen LogP contribution in [-0.2, 0) is 9.59 Å². The molecular formula is C21H23F4N3O3. The number of hydrogen-bond donors (Lipinski definition) is 2. The summed E-state index contributed by atoms with van der Waals surface area (Å²) >= 11 is 0. The van der Waals surface area contributed by atoms with E-state index in [1.807, 2.05) is 49.4 Å². The van der Waals surface area contributed by atoms with Crippen molar-refractivity contribution in [2.75, 3.05) is 13.1 Å². The molecule has 31 heavy (non-hydrogen) atoms. The molecule has 3 rings (SSSR count). The van der Waals surface area contributed by atoms with Crippen molar-refractivity contribution in [3.05, 3.63) is 54.2 Å². The third-order valence-corrected chi connectivity index (χ3v) is 4.91. The molecule has 1 aromatic heterocycles. The lowest BCUT2D eigenvalue weighted by atomic mass is 9.92. The number of amides is 1. The smallest absolute Gasteiger partial charge is 0.475 e. The number of pyridine rings is 1. The van der Waals surface area contributed by atoms with Crippen molar-refractivity contribution in [3.8, 4) is 11.3 Å². The zero-order chi connectivity index (χ0) is 23.2. The summed E-state index contributed by atoms with van der Waals surface area (Å²) in [7, 11) is 0. The minimum atomic E-state index is -5.08. The molecule has 3 atom stereocenters. The van der Waals surface area contributed by atoms with Crippen LogP contribution in [0.4, 0.5) is 17.6 Å². The van der Waals surface area contributed by atoms with Gasteiger partial charge in [0.05, 0.1) is 18.3 Å². The summed E-state index contributed by atoms with van der Waals surface area (Å²) in [5, 5.41) is 7.12. The molecule has 1 aliphatic heterocycles. The molecule has 6 nitrogen and oxygen atoms in total. The number of aromatic nitrogens is 1. The lowest BCUT2D eigenvalue weighted by molar-refractivity contribution is -0.192. The highest BCUT2D eigenvalue weighted by Crippen LogP contribution is 2.24. The molecule has 0 radical (unpaired) electrons. The molecule has 3 N–H and O–H groups in total. The second kappa shape index (κ2) is 10.3. The summed E-state index contributed by atoms with van der Waals surface area (Å²) in [6, 6.07) is 13.0. The molecule has 168 valence electrons. The highest BCUT2D eigenvalue weighted by Gasteiger charge is 2.38. The van der Waals surface area contributed by atoms with Crippen molar-refractivity contribution in [3.63, 3.8) is 0 Å². The minimum absolute atomic E-state index is 0.131. The van der Waals surface area contributed by atoms with Gasteiger partial charge in [0.2, 0.25) is 5.91 Å². The number of alkyl halides is 4. The summed E-state index contributed by atoms with van der Waals surface area (Å²) in [5.41, 5.74) is 9.06. The van der Waals surface area contributed by atoms with Crippen LogP contribution in [0, 0.1) is 0 Å². The van der Waals surface area contributed by atoms with Crippen molar-refractivity contribution in [1.82, 2.24) is 9.88 Å². The molecule has 0 saturated carbocycles. The van der Waals surface area contributed by atoms with E-state index in [2.05, 4.69) is 4.98 Å². The molecule has 10 heteroatoms. The third kappa shape index (κ3) is 6.74. The fourth-order valence-electron chi connectivity index (χ4n) is 3.04. The predicted octanol–water partition coefficient (Wildman–Crippen LogP) is 3.38. The van der Waals surface area contributed by atoms with Gasteiger partial charge in [-0.25, -0.2) is 9.18 Å². The minimum Gasteiger partial charge on any atom is -0.475 e. The Hall–Kier alpha value is -3.01. The molecule has 2 aromatic rings. The Balaban J connectivity index is 0.000000423. The van der Waals surface area contributed by atoms with Gasteiger partial charge in [-0.3, -0.25) is 9.78 Å². The molecular weight excluding hydrogens is 418 g/mol. The molecule has 1 fully saturated rings. The second-order valence-electron chi connectivity index (χ2n) is 7.12. The fourth-order valence-corrected chi connectivity index (χ4v) is 3.04. The highest BCUT2D eigenvalue weighted by molar-refractivity contribution is 5.83. The van der Waals surface area contributed by atoms with Crippen LogP contribution in [0.2, 0.25) is 0 Å². The van der Waals surface area contributed by atoms with Crippen molar-refractivity contribution in [2.45, 2.75) is 37.7 Å². The van der Waals surface area contributed by atoms with Crippen LogP contribution in [0.1, 0.15) is 24.8 Å². The Kier molecular flexibility index (Phi) is 8.09. The number of carboxylic acids is 1. The van der Waals surface area contributed by atoms with E-state index >= 15 is 0 Å². The molecule has 1 aromatic carbocycles. The van der Waals surface area contributed by atoms with E-state index in [4.69, 9.17) is 15.6 Å². The van der Waals surface area contributed by atoms with Gasteiger partial charge in [-0.2, -0.15) is 13.2 Å². The Morgan fingerprint density at radius 1 is 1.19 bits per heavy atom. The number of likely N-dealkylation sites (tertiary alicyclic amines) is 1. The zero-order valence-corrected chi connectivity index (χ0v) is 16.7. The molecule has 0 aliphatic carbocycles.